The molecule has 1 aliphatic rings. The molecule has 1 aromatic rings. The molecule has 0 spiro atoms. The average molecular weight is 376 g/mol. The number of likely N-dealkylation sites (N-methyl/N-ethyl adjacent to an activating group) is 1. The van der Waals surface area contributed by atoms with Gasteiger partial charge in [-0.05, 0) is 45.5 Å². The van der Waals surface area contributed by atoms with Crippen LogP contribution in [0.2, 0.25) is 0 Å². The van der Waals surface area contributed by atoms with Crippen LogP contribution in [0.3, 0.4) is 0 Å². The van der Waals surface area contributed by atoms with Crippen LogP contribution in [-0.4, -0.2) is 58.5 Å². The molecule has 25 heavy (non-hydrogen) atoms. The Morgan fingerprint density at radius 1 is 1.44 bits per heavy atom. The van der Waals surface area contributed by atoms with Gasteiger partial charge >= 0.3 is 5.97 Å². The van der Waals surface area contributed by atoms with Crippen LogP contribution < -0.4 is 0 Å². The first kappa shape index (κ1) is 21.3. The van der Waals surface area contributed by atoms with E-state index >= 15 is 0 Å². The fraction of sp³-hybridized carbons (Fsp3) is 0.562. The predicted molar refractivity (Wildman–Crippen MR) is 93.5 cm³/mol. The second kappa shape index (κ2) is 9.65. The standard InChI is InChI=1S/C16H22FN3O4.ClH/c1-18(11-16(21)22)12-4-3-8-19(9-7-12)10-13-14(17)5-2-6-15(13)20(23)24;/h2,5-6,12H,3-4,7-11H2,1H3,(H,21,22);1H. The maximum Gasteiger partial charge on any atom is 0.317 e. The van der Waals surface area contributed by atoms with Gasteiger partial charge in [0.05, 0.1) is 17.0 Å². The van der Waals surface area contributed by atoms with E-state index in [4.69, 9.17) is 5.11 Å². The summed E-state index contributed by atoms with van der Waals surface area (Å²) >= 11 is 0. The van der Waals surface area contributed by atoms with E-state index in [2.05, 4.69) is 0 Å². The van der Waals surface area contributed by atoms with Crippen molar-refractivity contribution >= 4 is 24.1 Å². The molecule has 1 aromatic carbocycles. The molecule has 1 fully saturated rings. The first-order valence-electron chi connectivity index (χ1n) is 7.94. The Bertz CT molecular complexity index is 617. The molecule has 0 radical (unpaired) electrons. The number of rotatable bonds is 6. The van der Waals surface area contributed by atoms with Crippen LogP contribution in [0.15, 0.2) is 18.2 Å². The van der Waals surface area contributed by atoms with Gasteiger partial charge in [0.2, 0.25) is 0 Å². The number of nitrogens with zero attached hydrogens (tertiary/aromatic N) is 3. The first-order chi connectivity index (χ1) is 11.4. The second-order valence-corrected chi connectivity index (χ2v) is 6.16. The fourth-order valence-electron chi connectivity index (χ4n) is 3.18. The molecule has 1 unspecified atom stereocenters. The first-order valence-corrected chi connectivity index (χ1v) is 7.94. The van der Waals surface area contributed by atoms with E-state index in [1.807, 2.05) is 9.80 Å². The van der Waals surface area contributed by atoms with Crippen LogP contribution >= 0.6 is 12.4 Å². The molecule has 140 valence electrons. The van der Waals surface area contributed by atoms with Crippen LogP contribution in [-0.2, 0) is 11.3 Å². The Morgan fingerprint density at radius 2 is 2.16 bits per heavy atom. The predicted octanol–water partition coefficient (Wildman–Crippen LogP) is 2.53. The van der Waals surface area contributed by atoms with Crippen molar-refractivity contribution in [2.24, 2.45) is 0 Å². The largest absolute Gasteiger partial charge is 0.480 e. The van der Waals surface area contributed by atoms with Crippen LogP contribution in [0.1, 0.15) is 24.8 Å². The van der Waals surface area contributed by atoms with Crippen molar-refractivity contribution in [3.63, 3.8) is 0 Å². The van der Waals surface area contributed by atoms with Crippen molar-refractivity contribution in [3.05, 3.63) is 39.7 Å². The van der Waals surface area contributed by atoms with E-state index in [0.29, 0.717) is 13.1 Å². The molecule has 7 nitrogen and oxygen atoms in total. The number of hydrogen-bond acceptors (Lipinski definition) is 5. The molecule has 0 bridgehead atoms. The Labute approximate surface area is 152 Å². The minimum Gasteiger partial charge on any atom is -0.480 e. The van der Waals surface area contributed by atoms with Crippen LogP contribution in [0, 0.1) is 15.9 Å². The second-order valence-electron chi connectivity index (χ2n) is 6.16. The van der Waals surface area contributed by atoms with E-state index in [9.17, 15) is 19.3 Å². The summed E-state index contributed by atoms with van der Waals surface area (Å²) in [5, 5.41) is 20.0. The molecule has 2 rings (SSSR count). The number of nitro benzene ring substituents is 1. The number of aliphatic carboxylic acids is 1. The summed E-state index contributed by atoms with van der Waals surface area (Å²) in [6.45, 7) is 1.55. The number of halogens is 2. The number of likely N-dealkylation sites (tertiary alicyclic amines) is 1. The minimum atomic E-state index is -0.861. The van der Waals surface area contributed by atoms with Gasteiger partial charge in [0.1, 0.15) is 5.82 Å². The number of carboxylic acid groups (broad SMARTS) is 1. The maximum absolute atomic E-state index is 14.0. The summed E-state index contributed by atoms with van der Waals surface area (Å²) < 4.78 is 14.0. The zero-order valence-electron chi connectivity index (χ0n) is 14.1. The van der Waals surface area contributed by atoms with Gasteiger partial charge in [-0.3, -0.25) is 24.7 Å². The molecule has 1 atom stereocenters. The lowest BCUT2D eigenvalue weighted by atomic mass is 10.1. The van der Waals surface area contributed by atoms with Gasteiger partial charge < -0.3 is 5.11 Å². The topological polar surface area (TPSA) is 86.9 Å². The summed E-state index contributed by atoms with van der Waals surface area (Å²) in [6, 6.07) is 4.06. The quantitative estimate of drug-likeness (QED) is 0.607. The van der Waals surface area contributed by atoms with Gasteiger partial charge in [0.25, 0.3) is 5.69 Å². The van der Waals surface area contributed by atoms with E-state index < -0.39 is 16.7 Å². The zero-order valence-corrected chi connectivity index (χ0v) is 14.9. The number of nitro groups is 1. The molecule has 0 saturated carbocycles. The lowest BCUT2D eigenvalue weighted by Crippen LogP contribution is -2.36. The zero-order chi connectivity index (χ0) is 17.7. The van der Waals surface area contributed by atoms with Gasteiger partial charge in [0.15, 0.2) is 0 Å². The Balaban J connectivity index is 0.00000312. The summed E-state index contributed by atoms with van der Waals surface area (Å²) in [5.41, 5.74) is -0.0846. The fourth-order valence-corrected chi connectivity index (χ4v) is 3.18. The van der Waals surface area contributed by atoms with Crippen LogP contribution in [0.4, 0.5) is 10.1 Å². The SMILES string of the molecule is CN(CC(=O)O)C1CCCN(Cc2c(F)cccc2[N+](=O)[O-])CC1.Cl. The highest BCUT2D eigenvalue weighted by atomic mass is 35.5. The van der Waals surface area contributed by atoms with Gasteiger partial charge in [-0.1, -0.05) is 6.07 Å². The van der Waals surface area contributed by atoms with E-state index in [1.165, 1.54) is 18.2 Å². The van der Waals surface area contributed by atoms with Gasteiger partial charge in [-0.2, -0.15) is 0 Å². The summed E-state index contributed by atoms with van der Waals surface area (Å²) in [4.78, 5) is 25.2. The van der Waals surface area contributed by atoms with Crippen LogP contribution in [0.25, 0.3) is 0 Å². The maximum atomic E-state index is 14.0. The van der Waals surface area contributed by atoms with Crippen molar-refractivity contribution in [3.8, 4) is 0 Å². The highest BCUT2D eigenvalue weighted by Crippen LogP contribution is 2.25. The van der Waals surface area contributed by atoms with E-state index in [-0.39, 0.29) is 42.8 Å². The number of hydrogen-bond donors (Lipinski definition) is 1. The summed E-state index contributed by atoms with van der Waals surface area (Å²) in [7, 11) is 1.79. The summed E-state index contributed by atoms with van der Waals surface area (Å²) in [6.07, 6.45) is 2.46. The van der Waals surface area contributed by atoms with Crippen molar-refractivity contribution in [2.75, 3.05) is 26.7 Å². The van der Waals surface area contributed by atoms with Gasteiger partial charge in [0, 0.05) is 18.7 Å². The molecule has 1 N–H and O–H groups in total. The average Bonchev–Trinajstić information content (AvgIpc) is 2.74. The van der Waals surface area contributed by atoms with Crippen molar-refractivity contribution in [2.45, 2.75) is 31.8 Å². The third-order valence-electron chi connectivity index (χ3n) is 4.47. The molecule has 0 aliphatic carbocycles. The highest BCUT2D eigenvalue weighted by molar-refractivity contribution is 5.85. The van der Waals surface area contributed by atoms with E-state index in [0.717, 1.165) is 19.3 Å². The molecule has 1 saturated heterocycles. The Hall–Kier alpha value is -1.77. The molecule has 1 aliphatic heterocycles. The van der Waals surface area contributed by atoms with Gasteiger partial charge in [-0.25, -0.2) is 4.39 Å². The molecule has 1 heterocycles. The lowest BCUT2D eigenvalue weighted by Gasteiger charge is -2.25. The van der Waals surface area contributed by atoms with Crippen molar-refractivity contribution in [1.29, 1.82) is 0 Å². The summed E-state index contributed by atoms with van der Waals surface area (Å²) in [5.74, 6) is -1.42. The Morgan fingerprint density at radius 3 is 2.80 bits per heavy atom. The molecule has 0 amide bonds. The highest BCUT2D eigenvalue weighted by Gasteiger charge is 2.24. The molecule has 9 heteroatoms. The Kier molecular flexibility index (Phi) is 8.21. The molecular formula is C16H23ClFN3O4. The van der Waals surface area contributed by atoms with Gasteiger partial charge in [-0.15, -0.1) is 12.4 Å². The lowest BCUT2D eigenvalue weighted by molar-refractivity contribution is -0.386. The molecule has 0 aromatic heterocycles. The third kappa shape index (κ3) is 5.91. The monoisotopic (exact) mass is 375 g/mol. The third-order valence-corrected chi connectivity index (χ3v) is 4.47. The van der Waals surface area contributed by atoms with Crippen LogP contribution in [0.5, 0.6) is 0 Å². The normalized spacial score (nSPS) is 18.4. The van der Waals surface area contributed by atoms with E-state index in [1.54, 1.807) is 7.05 Å². The van der Waals surface area contributed by atoms with Crippen molar-refractivity contribution < 1.29 is 19.2 Å². The van der Waals surface area contributed by atoms with Crippen molar-refractivity contribution in [1.82, 2.24) is 9.80 Å². The number of carbonyl (C=O) groups is 1. The smallest absolute Gasteiger partial charge is 0.317 e. The minimum absolute atomic E-state index is 0. The molecular weight excluding hydrogens is 353 g/mol. The number of carboxylic acids is 1. The number of benzene rings is 1.